The average Bonchev–Trinajstić information content (AvgIpc) is 2.36. The number of aliphatic carboxylic acids is 1. The molecule has 1 aromatic carbocycles. The lowest BCUT2D eigenvalue weighted by molar-refractivity contribution is -0.136. The molecule has 0 aromatic heterocycles. The van der Waals surface area contributed by atoms with Gasteiger partial charge in [-0.1, -0.05) is 37.6 Å². The van der Waals surface area contributed by atoms with E-state index in [0.717, 1.165) is 12.0 Å². The van der Waals surface area contributed by atoms with Crippen LogP contribution in [0.1, 0.15) is 37.8 Å². The molecule has 0 spiro atoms. The van der Waals surface area contributed by atoms with E-state index in [2.05, 4.69) is 5.32 Å². The molecular formula is C15H22N2O3. The van der Waals surface area contributed by atoms with Crippen molar-refractivity contribution in [3.8, 4) is 0 Å². The molecule has 0 saturated heterocycles. The van der Waals surface area contributed by atoms with Crippen molar-refractivity contribution in [1.82, 2.24) is 5.32 Å². The summed E-state index contributed by atoms with van der Waals surface area (Å²) in [5, 5.41) is 11.6. The number of nitrogens with one attached hydrogen (secondary N) is 1. The van der Waals surface area contributed by atoms with Gasteiger partial charge in [0.1, 0.15) is 0 Å². The summed E-state index contributed by atoms with van der Waals surface area (Å²) in [6.07, 6.45) is 1.38. The molecule has 1 rings (SSSR count). The number of amides is 1. The van der Waals surface area contributed by atoms with Gasteiger partial charge in [-0.25, -0.2) is 0 Å². The molecule has 20 heavy (non-hydrogen) atoms. The Morgan fingerprint density at radius 2 is 1.90 bits per heavy atom. The summed E-state index contributed by atoms with van der Waals surface area (Å²) in [7, 11) is 0. The van der Waals surface area contributed by atoms with Crippen LogP contribution in [0.25, 0.3) is 0 Å². The first-order valence-corrected chi connectivity index (χ1v) is 6.72. The molecule has 1 aromatic rings. The number of carbonyl (C=O) groups excluding carboxylic acids is 1. The first-order valence-electron chi connectivity index (χ1n) is 6.72. The quantitative estimate of drug-likeness (QED) is 0.703. The zero-order valence-corrected chi connectivity index (χ0v) is 12.0. The fraction of sp³-hybridized carbons (Fsp3) is 0.467. The standard InChI is InChI=1S/C15H22N2O3/c1-3-8-15(2,16)14(20)17-10-12-7-5-4-6-11(12)9-13(18)19/h4-7H,3,8-10,16H2,1-2H3,(H,17,20)(H,18,19). The molecule has 1 amide bonds. The van der Waals surface area contributed by atoms with E-state index in [-0.39, 0.29) is 12.3 Å². The Morgan fingerprint density at radius 3 is 2.45 bits per heavy atom. The van der Waals surface area contributed by atoms with Gasteiger partial charge in [0.05, 0.1) is 12.0 Å². The third kappa shape index (κ3) is 4.66. The number of carboxylic acid groups (broad SMARTS) is 1. The van der Waals surface area contributed by atoms with Gasteiger partial charge in [-0.05, 0) is 24.5 Å². The van der Waals surface area contributed by atoms with Gasteiger partial charge in [0, 0.05) is 6.54 Å². The number of nitrogens with two attached hydrogens (primary N) is 1. The van der Waals surface area contributed by atoms with Crippen molar-refractivity contribution in [1.29, 1.82) is 0 Å². The molecule has 5 heteroatoms. The monoisotopic (exact) mass is 278 g/mol. The van der Waals surface area contributed by atoms with Gasteiger partial charge in [-0.15, -0.1) is 0 Å². The normalized spacial score (nSPS) is 13.6. The van der Waals surface area contributed by atoms with Gasteiger partial charge in [0.25, 0.3) is 0 Å². The minimum absolute atomic E-state index is 0.0547. The zero-order valence-electron chi connectivity index (χ0n) is 12.0. The molecule has 0 radical (unpaired) electrons. The van der Waals surface area contributed by atoms with E-state index in [1.165, 1.54) is 0 Å². The second kappa shape index (κ2) is 7.05. The molecule has 110 valence electrons. The number of carbonyl (C=O) groups is 2. The summed E-state index contributed by atoms with van der Waals surface area (Å²) in [6, 6.07) is 7.17. The van der Waals surface area contributed by atoms with Gasteiger partial charge in [-0.2, -0.15) is 0 Å². The molecule has 5 nitrogen and oxygen atoms in total. The van der Waals surface area contributed by atoms with Gasteiger partial charge >= 0.3 is 5.97 Å². The summed E-state index contributed by atoms with van der Waals surface area (Å²) < 4.78 is 0. The van der Waals surface area contributed by atoms with Gasteiger partial charge in [0.15, 0.2) is 0 Å². The summed E-state index contributed by atoms with van der Waals surface area (Å²) in [5.41, 5.74) is 6.56. The van der Waals surface area contributed by atoms with Crippen LogP contribution in [-0.2, 0) is 22.6 Å². The number of carboxylic acids is 1. The van der Waals surface area contributed by atoms with Crippen LogP contribution in [-0.4, -0.2) is 22.5 Å². The van der Waals surface area contributed by atoms with Crippen LogP contribution >= 0.6 is 0 Å². The van der Waals surface area contributed by atoms with E-state index in [4.69, 9.17) is 10.8 Å². The zero-order chi connectivity index (χ0) is 15.2. The van der Waals surface area contributed by atoms with Crippen LogP contribution in [0.2, 0.25) is 0 Å². The maximum atomic E-state index is 12.0. The van der Waals surface area contributed by atoms with E-state index in [9.17, 15) is 9.59 Å². The lowest BCUT2D eigenvalue weighted by atomic mass is 9.96. The van der Waals surface area contributed by atoms with Gasteiger partial charge in [-0.3, -0.25) is 9.59 Å². The molecule has 0 bridgehead atoms. The predicted octanol–water partition coefficient (Wildman–Crippen LogP) is 1.45. The highest BCUT2D eigenvalue weighted by Gasteiger charge is 2.26. The van der Waals surface area contributed by atoms with Crippen molar-refractivity contribution >= 4 is 11.9 Å². The third-order valence-electron chi connectivity index (χ3n) is 3.19. The highest BCUT2D eigenvalue weighted by molar-refractivity contribution is 5.85. The molecular weight excluding hydrogens is 256 g/mol. The summed E-state index contributed by atoms with van der Waals surface area (Å²) in [5.74, 6) is -1.11. The lowest BCUT2D eigenvalue weighted by Crippen LogP contribution is -2.51. The molecule has 0 heterocycles. The van der Waals surface area contributed by atoms with E-state index < -0.39 is 11.5 Å². The molecule has 0 saturated carbocycles. The molecule has 0 aliphatic heterocycles. The SMILES string of the molecule is CCCC(C)(N)C(=O)NCc1ccccc1CC(=O)O. The number of rotatable bonds is 7. The summed E-state index contributed by atoms with van der Waals surface area (Å²) in [4.78, 5) is 22.8. The molecule has 0 aliphatic rings. The van der Waals surface area contributed by atoms with Crippen LogP contribution in [0.15, 0.2) is 24.3 Å². The largest absolute Gasteiger partial charge is 0.481 e. The van der Waals surface area contributed by atoms with Crippen LogP contribution < -0.4 is 11.1 Å². The molecule has 0 aliphatic carbocycles. The van der Waals surface area contributed by atoms with E-state index >= 15 is 0 Å². The van der Waals surface area contributed by atoms with Crippen molar-refractivity contribution in [2.75, 3.05) is 0 Å². The van der Waals surface area contributed by atoms with Crippen LogP contribution in [0, 0.1) is 0 Å². The molecule has 4 N–H and O–H groups in total. The molecule has 0 fully saturated rings. The second-order valence-corrected chi connectivity index (χ2v) is 5.19. The van der Waals surface area contributed by atoms with E-state index in [1.807, 2.05) is 19.1 Å². The summed E-state index contributed by atoms with van der Waals surface area (Å²) >= 11 is 0. The van der Waals surface area contributed by atoms with E-state index in [1.54, 1.807) is 19.1 Å². The highest BCUT2D eigenvalue weighted by atomic mass is 16.4. The van der Waals surface area contributed by atoms with Crippen molar-refractivity contribution in [2.45, 2.75) is 45.2 Å². The van der Waals surface area contributed by atoms with Crippen molar-refractivity contribution in [3.05, 3.63) is 35.4 Å². The predicted molar refractivity (Wildman–Crippen MR) is 77.1 cm³/mol. The molecule has 1 unspecified atom stereocenters. The van der Waals surface area contributed by atoms with Crippen LogP contribution in [0.5, 0.6) is 0 Å². The van der Waals surface area contributed by atoms with Crippen molar-refractivity contribution in [2.24, 2.45) is 5.73 Å². The highest BCUT2D eigenvalue weighted by Crippen LogP contribution is 2.12. The van der Waals surface area contributed by atoms with E-state index in [0.29, 0.717) is 18.5 Å². The fourth-order valence-electron chi connectivity index (χ4n) is 2.08. The molecule has 1 atom stereocenters. The fourth-order valence-corrected chi connectivity index (χ4v) is 2.08. The first-order chi connectivity index (χ1) is 9.36. The maximum Gasteiger partial charge on any atom is 0.307 e. The number of hydrogen-bond acceptors (Lipinski definition) is 3. The Bertz CT molecular complexity index is 484. The Labute approximate surface area is 119 Å². The minimum Gasteiger partial charge on any atom is -0.481 e. The maximum absolute atomic E-state index is 12.0. The van der Waals surface area contributed by atoms with Gasteiger partial charge in [0.2, 0.25) is 5.91 Å². The van der Waals surface area contributed by atoms with Crippen LogP contribution in [0.3, 0.4) is 0 Å². The summed E-state index contributed by atoms with van der Waals surface area (Å²) in [6.45, 7) is 3.97. The Morgan fingerprint density at radius 1 is 1.30 bits per heavy atom. The Kier molecular flexibility index (Phi) is 5.70. The van der Waals surface area contributed by atoms with Crippen molar-refractivity contribution in [3.63, 3.8) is 0 Å². The average molecular weight is 278 g/mol. The number of benzene rings is 1. The Balaban J connectivity index is 2.70. The van der Waals surface area contributed by atoms with Gasteiger partial charge < -0.3 is 16.2 Å². The second-order valence-electron chi connectivity index (χ2n) is 5.19. The van der Waals surface area contributed by atoms with Crippen LogP contribution in [0.4, 0.5) is 0 Å². The van der Waals surface area contributed by atoms with Crippen molar-refractivity contribution < 1.29 is 14.7 Å². The third-order valence-corrected chi connectivity index (χ3v) is 3.19. The smallest absolute Gasteiger partial charge is 0.307 e. The minimum atomic E-state index is -0.892. The topological polar surface area (TPSA) is 92.4 Å². The number of hydrogen-bond donors (Lipinski definition) is 3. The Hall–Kier alpha value is -1.88. The lowest BCUT2D eigenvalue weighted by Gasteiger charge is -2.23. The first kappa shape index (κ1) is 16.2.